The largest absolute Gasteiger partial charge is 0.255 e. The summed E-state index contributed by atoms with van der Waals surface area (Å²) in [6, 6.07) is 6.92. The summed E-state index contributed by atoms with van der Waals surface area (Å²) in [5, 5.41) is 5.68. The van der Waals surface area contributed by atoms with Crippen LogP contribution in [0.3, 0.4) is 0 Å². The van der Waals surface area contributed by atoms with E-state index in [-0.39, 0.29) is 5.28 Å². The van der Waals surface area contributed by atoms with Gasteiger partial charge in [0.25, 0.3) is 5.95 Å². The van der Waals surface area contributed by atoms with Gasteiger partial charge in [0.05, 0.1) is 5.02 Å². The number of rotatable bonds is 3. The van der Waals surface area contributed by atoms with E-state index in [1.165, 1.54) is 16.4 Å². The molecular weight excluding hydrogens is 353 g/mol. The lowest BCUT2D eigenvalue weighted by atomic mass is 10.4. The summed E-state index contributed by atoms with van der Waals surface area (Å²) in [6.07, 6.45) is 3.34. The third kappa shape index (κ3) is 3.47. The molecule has 0 radical (unpaired) electrons. The van der Waals surface area contributed by atoms with Crippen molar-refractivity contribution < 1.29 is 0 Å². The molecule has 0 aliphatic rings. The fourth-order valence-electron chi connectivity index (χ4n) is 1.51. The maximum atomic E-state index is 6.12. The van der Waals surface area contributed by atoms with E-state index in [2.05, 4.69) is 20.1 Å². The molecule has 5 nitrogen and oxygen atoms in total. The van der Waals surface area contributed by atoms with Crippen LogP contribution in [0.2, 0.25) is 15.3 Å². The van der Waals surface area contributed by atoms with Gasteiger partial charge >= 0.3 is 0 Å². The van der Waals surface area contributed by atoms with Gasteiger partial charge in [-0.15, -0.1) is 0 Å². The highest BCUT2D eigenvalue weighted by atomic mass is 35.5. The second-order valence-electron chi connectivity index (χ2n) is 3.81. The standard InChI is InChI=1S/C12H6Cl3N5S/c13-7-2-3-8(14)9(6-7)21-12-18-10(15)17-11(19-12)20-5-1-4-16-20/h1-6H. The lowest BCUT2D eigenvalue weighted by Crippen LogP contribution is -2.04. The summed E-state index contributed by atoms with van der Waals surface area (Å²) in [7, 11) is 0. The van der Waals surface area contributed by atoms with Crippen molar-refractivity contribution in [2.75, 3.05) is 0 Å². The SMILES string of the molecule is Clc1ccc(Cl)c(Sc2nc(Cl)nc(-n3cccn3)n2)c1. The topological polar surface area (TPSA) is 56.5 Å². The fourth-order valence-corrected chi connectivity index (χ4v) is 2.99. The van der Waals surface area contributed by atoms with E-state index in [1.54, 1.807) is 36.7 Å². The summed E-state index contributed by atoms with van der Waals surface area (Å²) in [4.78, 5) is 13.1. The van der Waals surface area contributed by atoms with Crippen LogP contribution in [0.1, 0.15) is 0 Å². The molecule has 21 heavy (non-hydrogen) atoms. The molecule has 2 heterocycles. The molecular formula is C12H6Cl3N5S. The minimum atomic E-state index is 0.0798. The van der Waals surface area contributed by atoms with Crippen molar-refractivity contribution in [1.82, 2.24) is 24.7 Å². The Kier molecular flexibility index (Phi) is 4.30. The molecule has 0 aliphatic heterocycles. The molecule has 0 N–H and O–H groups in total. The Balaban J connectivity index is 1.97. The van der Waals surface area contributed by atoms with Gasteiger partial charge in [0, 0.05) is 22.3 Å². The van der Waals surface area contributed by atoms with Crippen molar-refractivity contribution in [2.24, 2.45) is 0 Å². The van der Waals surface area contributed by atoms with Gasteiger partial charge in [-0.2, -0.15) is 20.1 Å². The smallest absolute Gasteiger partial charge is 0.206 e. The highest BCUT2D eigenvalue weighted by Crippen LogP contribution is 2.33. The average molecular weight is 359 g/mol. The second kappa shape index (κ2) is 6.19. The van der Waals surface area contributed by atoms with Crippen LogP contribution in [0.5, 0.6) is 0 Å². The first-order valence-electron chi connectivity index (χ1n) is 5.66. The van der Waals surface area contributed by atoms with Crippen LogP contribution >= 0.6 is 46.6 Å². The molecule has 2 aromatic heterocycles. The Morgan fingerprint density at radius 3 is 2.67 bits per heavy atom. The molecule has 0 atom stereocenters. The van der Waals surface area contributed by atoms with Crippen molar-refractivity contribution in [1.29, 1.82) is 0 Å². The third-order valence-electron chi connectivity index (χ3n) is 2.38. The number of hydrogen-bond donors (Lipinski definition) is 0. The molecule has 0 spiro atoms. The summed E-state index contributed by atoms with van der Waals surface area (Å²) in [5.41, 5.74) is 0. The molecule has 0 saturated heterocycles. The van der Waals surface area contributed by atoms with E-state index in [0.717, 1.165) is 4.90 Å². The van der Waals surface area contributed by atoms with Gasteiger partial charge in [-0.25, -0.2) is 4.68 Å². The Bertz CT molecular complexity index is 779. The van der Waals surface area contributed by atoms with Crippen molar-refractivity contribution in [3.8, 4) is 5.95 Å². The number of halogens is 3. The Morgan fingerprint density at radius 1 is 1.05 bits per heavy atom. The quantitative estimate of drug-likeness (QED) is 0.703. The predicted molar refractivity (Wildman–Crippen MR) is 82.5 cm³/mol. The lowest BCUT2D eigenvalue weighted by Gasteiger charge is -2.05. The average Bonchev–Trinajstić information content (AvgIpc) is 2.96. The summed E-state index contributed by atoms with van der Waals surface area (Å²) >= 11 is 19.3. The Morgan fingerprint density at radius 2 is 1.90 bits per heavy atom. The van der Waals surface area contributed by atoms with Gasteiger partial charge in [-0.1, -0.05) is 23.2 Å². The van der Waals surface area contributed by atoms with Gasteiger partial charge in [0.15, 0.2) is 5.16 Å². The predicted octanol–water partition coefficient (Wildman–Crippen LogP) is 4.17. The number of nitrogens with zero attached hydrogens (tertiary/aromatic N) is 5. The molecule has 3 aromatic rings. The highest BCUT2D eigenvalue weighted by Gasteiger charge is 2.11. The number of benzene rings is 1. The lowest BCUT2D eigenvalue weighted by molar-refractivity contribution is 0.759. The van der Waals surface area contributed by atoms with E-state index in [0.29, 0.717) is 21.2 Å². The van der Waals surface area contributed by atoms with E-state index in [9.17, 15) is 0 Å². The molecule has 106 valence electrons. The number of hydrogen-bond acceptors (Lipinski definition) is 5. The molecule has 0 fully saturated rings. The van der Waals surface area contributed by atoms with Crippen molar-refractivity contribution in [2.45, 2.75) is 10.1 Å². The maximum Gasteiger partial charge on any atom is 0.255 e. The van der Waals surface area contributed by atoms with Crippen molar-refractivity contribution in [3.05, 3.63) is 52.0 Å². The fraction of sp³-hybridized carbons (Fsp3) is 0. The van der Waals surface area contributed by atoms with Crippen molar-refractivity contribution >= 4 is 46.6 Å². The van der Waals surface area contributed by atoms with Crippen LogP contribution in [0.4, 0.5) is 0 Å². The zero-order valence-corrected chi connectivity index (χ0v) is 13.3. The van der Waals surface area contributed by atoms with Crippen LogP contribution in [0, 0.1) is 0 Å². The van der Waals surface area contributed by atoms with Crippen LogP contribution in [-0.4, -0.2) is 24.7 Å². The first-order valence-corrected chi connectivity index (χ1v) is 7.61. The molecule has 3 rings (SSSR count). The highest BCUT2D eigenvalue weighted by molar-refractivity contribution is 7.99. The van der Waals surface area contributed by atoms with Gasteiger partial charge in [0.2, 0.25) is 5.28 Å². The third-order valence-corrected chi connectivity index (χ3v) is 4.15. The molecule has 0 amide bonds. The summed E-state index contributed by atoms with van der Waals surface area (Å²) < 4.78 is 1.50. The zero-order valence-electron chi connectivity index (χ0n) is 10.2. The monoisotopic (exact) mass is 357 g/mol. The van der Waals surface area contributed by atoms with Gasteiger partial charge in [-0.05, 0) is 47.6 Å². The Hall–Kier alpha value is -1.34. The summed E-state index contributed by atoms with van der Waals surface area (Å²) in [5.74, 6) is 0.334. The first-order chi connectivity index (χ1) is 10.1. The molecule has 0 saturated carbocycles. The molecule has 0 bridgehead atoms. The number of aromatic nitrogens is 5. The molecule has 1 aromatic carbocycles. The normalized spacial score (nSPS) is 10.8. The zero-order chi connectivity index (χ0) is 14.8. The van der Waals surface area contributed by atoms with Gasteiger partial charge in [-0.3, -0.25) is 0 Å². The molecule has 9 heteroatoms. The van der Waals surface area contributed by atoms with Crippen LogP contribution in [-0.2, 0) is 0 Å². The second-order valence-corrected chi connectivity index (χ2v) is 6.01. The maximum absolute atomic E-state index is 6.12. The Labute approximate surface area is 139 Å². The van der Waals surface area contributed by atoms with Crippen LogP contribution < -0.4 is 0 Å². The van der Waals surface area contributed by atoms with Gasteiger partial charge < -0.3 is 0 Å². The molecule has 0 unspecified atom stereocenters. The van der Waals surface area contributed by atoms with Crippen LogP contribution in [0.15, 0.2) is 46.7 Å². The summed E-state index contributed by atoms with van der Waals surface area (Å²) in [6.45, 7) is 0. The van der Waals surface area contributed by atoms with Gasteiger partial charge in [0.1, 0.15) is 0 Å². The molecule has 0 aliphatic carbocycles. The van der Waals surface area contributed by atoms with Crippen LogP contribution in [0.25, 0.3) is 5.95 Å². The van der Waals surface area contributed by atoms with E-state index in [4.69, 9.17) is 34.8 Å². The van der Waals surface area contributed by atoms with E-state index >= 15 is 0 Å². The minimum Gasteiger partial charge on any atom is -0.206 e. The van der Waals surface area contributed by atoms with E-state index in [1.807, 2.05) is 0 Å². The van der Waals surface area contributed by atoms with E-state index < -0.39 is 0 Å². The van der Waals surface area contributed by atoms with Crippen molar-refractivity contribution in [3.63, 3.8) is 0 Å². The first kappa shape index (κ1) is 14.6. The minimum absolute atomic E-state index is 0.0798.